The van der Waals surface area contributed by atoms with Crippen LogP contribution in [0.5, 0.6) is 0 Å². The largest absolute Gasteiger partial charge is 0.378 e. The van der Waals surface area contributed by atoms with E-state index in [1.54, 1.807) is 31.2 Å². The van der Waals surface area contributed by atoms with Crippen LogP contribution in [-0.4, -0.2) is 42.2 Å². The van der Waals surface area contributed by atoms with Gasteiger partial charge in [-0.1, -0.05) is 23.2 Å². The number of rotatable bonds is 3. The second-order valence-electron chi connectivity index (χ2n) is 5.37. The first-order valence-corrected chi connectivity index (χ1v) is 8.23. The number of aryl methyl sites for hydroxylation is 1. The molecule has 3 rings (SSSR count). The van der Waals surface area contributed by atoms with Gasteiger partial charge in [0.25, 0.3) is 5.91 Å². The Morgan fingerprint density at radius 1 is 1.12 bits per heavy atom. The first kappa shape index (κ1) is 17.0. The predicted molar refractivity (Wildman–Crippen MR) is 94.2 cm³/mol. The molecule has 0 aliphatic carbocycles. The van der Waals surface area contributed by atoms with Crippen LogP contribution in [0.2, 0.25) is 10.0 Å². The topological polar surface area (TPSA) is 67.4 Å². The molecule has 0 unspecified atom stereocenters. The highest BCUT2D eigenvalue weighted by Gasteiger charge is 2.17. The first-order chi connectivity index (χ1) is 11.5. The quantitative estimate of drug-likeness (QED) is 0.903. The third-order valence-corrected chi connectivity index (χ3v) is 3.95. The van der Waals surface area contributed by atoms with E-state index in [1.165, 1.54) is 0 Å². The summed E-state index contributed by atoms with van der Waals surface area (Å²) in [7, 11) is 0. The molecule has 0 bridgehead atoms. The minimum absolute atomic E-state index is 0.292. The number of aromatic nitrogens is 2. The van der Waals surface area contributed by atoms with Crippen LogP contribution < -0.4 is 10.2 Å². The molecule has 126 valence electrons. The number of halogens is 2. The van der Waals surface area contributed by atoms with Gasteiger partial charge in [0, 0.05) is 34.9 Å². The van der Waals surface area contributed by atoms with Gasteiger partial charge in [-0.2, -0.15) is 0 Å². The fraction of sp³-hybridized carbons (Fsp3) is 0.312. The molecule has 2 aromatic rings. The van der Waals surface area contributed by atoms with Gasteiger partial charge >= 0.3 is 0 Å². The van der Waals surface area contributed by atoms with Crippen LogP contribution in [0.25, 0.3) is 0 Å². The number of ether oxygens (including phenoxy) is 1. The zero-order chi connectivity index (χ0) is 17.1. The number of nitrogens with zero attached hydrogens (tertiary/aromatic N) is 3. The van der Waals surface area contributed by atoms with Gasteiger partial charge in [-0.3, -0.25) is 4.79 Å². The second-order valence-corrected chi connectivity index (χ2v) is 6.24. The molecule has 2 heterocycles. The Morgan fingerprint density at radius 2 is 1.79 bits per heavy atom. The minimum atomic E-state index is -0.339. The summed E-state index contributed by atoms with van der Waals surface area (Å²) in [5.41, 5.74) is 0.807. The van der Waals surface area contributed by atoms with Crippen molar-refractivity contribution in [2.45, 2.75) is 6.92 Å². The van der Waals surface area contributed by atoms with Crippen LogP contribution in [0.4, 0.5) is 11.5 Å². The van der Waals surface area contributed by atoms with Crippen molar-refractivity contribution in [1.29, 1.82) is 0 Å². The lowest BCUT2D eigenvalue weighted by Crippen LogP contribution is -2.37. The summed E-state index contributed by atoms with van der Waals surface area (Å²) in [5, 5.41) is 3.66. The molecule has 0 radical (unpaired) electrons. The summed E-state index contributed by atoms with van der Waals surface area (Å²) in [6, 6.07) is 6.54. The van der Waals surface area contributed by atoms with E-state index < -0.39 is 0 Å². The number of hydrogen-bond donors (Lipinski definition) is 1. The van der Waals surface area contributed by atoms with E-state index >= 15 is 0 Å². The lowest BCUT2D eigenvalue weighted by molar-refractivity contribution is 0.102. The first-order valence-electron chi connectivity index (χ1n) is 7.47. The monoisotopic (exact) mass is 366 g/mol. The molecule has 1 N–H and O–H groups in total. The van der Waals surface area contributed by atoms with Crippen LogP contribution in [0, 0.1) is 6.92 Å². The van der Waals surface area contributed by atoms with Crippen molar-refractivity contribution in [1.82, 2.24) is 9.97 Å². The molecule has 1 saturated heterocycles. The van der Waals surface area contributed by atoms with Crippen molar-refractivity contribution in [2.24, 2.45) is 0 Å². The summed E-state index contributed by atoms with van der Waals surface area (Å²) in [6.45, 7) is 4.52. The molecular weight excluding hydrogens is 351 g/mol. The number of morpholine rings is 1. The average molecular weight is 367 g/mol. The highest BCUT2D eigenvalue weighted by Crippen LogP contribution is 2.23. The average Bonchev–Trinajstić information content (AvgIpc) is 2.54. The Kier molecular flexibility index (Phi) is 5.18. The fourth-order valence-corrected chi connectivity index (χ4v) is 2.97. The van der Waals surface area contributed by atoms with E-state index in [0.29, 0.717) is 40.5 Å². The van der Waals surface area contributed by atoms with E-state index in [4.69, 9.17) is 27.9 Å². The lowest BCUT2D eigenvalue weighted by Gasteiger charge is -2.28. The molecule has 1 aliphatic rings. The van der Waals surface area contributed by atoms with Gasteiger partial charge in [0.05, 0.1) is 13.2 Å². The van der Waals surface area contributed by atoms with Gasteiger partial charge in [0.1, 0.15) is 17.3 Å². The van der Waals surface area contributed by atoms with Gasteiger partial charge in [-0.25, -0.2) is 9.97 Å². The van der Waals surface area contributed by atoms with Gasteiger partial charge in [0.15, 0.2) is 0 Å². The molecule has 0 spiro atoms. The van der Waals surface area contributed by atoms with Crippen LogP contribution in [0.15, 0.2) is 24.3 Å². The highest BCUT2D eigenvalue weighted by molar-refractivity contribution is 6.35. The second kappa shape index (κ2) is 7.34. The summed E-state index contributed by atoms with van der Waals surface area (Å²) >= 11 is 11.9. The van der Waals surface area contributed by atoms with E-state index in [0.717, 1.165) is 18.9 Å². The Hall–Kier alpha value is -1.89. The van der Waals surface area contributed by atoms with Gasteiger partial charge < -0.3 is 15.0 Å². The molecule has 1 aromatic carbocycles. The smallest absolute Gasteiger partial charge is 0.274 e. The molecule has 1 amide bonds. The van der Waals surface area contributed by atoms with Crippen molar-refractivity contribution in [3.63, 3.8) is 0 Å². The molecule has 1 aliphatic heterocycles. The van der Waals surface area contributed by atoms with E-state index in [-0.39, 0.29) is 5.91 Å². The molecule has 24 heavy (non-hydrogen) atoms. The number of amides is 1. The Bertz CT molecular complexity index is 743. The van der Waals surface area contributed by atoms with Gasteiger partial charge in [0.2, 0.25) is 0 Å². The zero-order valence-electron chi connectivity index (χ0n) is 13.1. The molecule has 1 fully saturated rings. The van der Waals surface area contributed by atoms with Crippen molar-refractivity contribution in [3.05, 3.63) is 45.8 Å². The number of carbonyl (C=O) groups is 1. The Morgan fingerprint density at radius 3 is 2.46 bits per heavy atom. The zero-order valence-corrected chi connectivity index (χ0v) is 14.6. The maximum Gasteiger partial charge on any atom is 0.274 e. The molecule has 8 heteroatoms. The van der Waals surface area contributed by atoms with Crippen LogP contribution in [0.1, 0.15) is 16.3 Å². The van der Waals surface area contributed by atoms with Crippen LogP contribution in [-0.2, 0) is 4.74 Å². The highest BCUT2D eigenvalue weighted by atomic mass is 35.5. The van der Waals surface area contributed by atoms with Crippen molar-refractivity contribution >= 4 is 40.6 Å². The SMILES string of the molecule is Cc1nc(C(=O)Nc2cc(Cl)cc(Cl)c2)cc(N2CCOCC2)n1. The van der Waals surface area contributed by atoms with E-state index in [9.17, 15) is 4.79 Å². The number of benzene rings is 1. The third-order valence-electron chi connectivity index (χ3n) is 3.51. The number of nitrogens with one attached hydrogen (secondary N) is 1. The van der Waals surface area contributed by atoms with Gasteiger partial charge in [-0.05, 0) is 25.1 Å². The Labute approximate surface area is 149 Å². The van der Waals surface area contributed by atoms with Crippen LogP contribution in [0.3, 0.4) is 0 Å². The summed E-state index contributed by atoms with van der Waals surface area (Å²) in [6.07, 6.45) is 0. The normalized spacial score (nSPS) is 14.5. The molecule has 0 atom stereocenters. The number of anilines is 2. The van der Waals surface area contributed by atoms with Gasteiger partial charge in [-0.15, -0.1) is 0 Å². The predicted octanol–water partition coefficient (Wildman–Crippen LogP) is 3.18. The Balaban J connectivity index is 1.82. The van der Waals surface area contributed by atoms with Crippen molar-refractivity contribution in [3.8, 4) is 0 Å². The maximum absolute atomic E-state index is 12.5. The maximum atomic E-state index is 12.5. The number of hydrogen-bond acceptors (Lipinski definition) is 5. The molecule has 0 saturated carbocycles. The summed E-state index contributed by atoms with van der Waals surface area (Å²) in [5.74, 6) is 0.918. The minimum Gasteiger partial charge on any atom is -0.378 e. The van der Waals surface area contributed by atoms with Crippen molar-refractivity contribution < 1.29 is 9.53 Å². The lowest BCUT2D eigenvalue weighted by atomic mass is 10.3. The van der Waals surface area contributed by atoms with E-state index in [2.05, 4.69) is 20.2 Å². The fourth-order valence-electron chi connectivity index (χ4n) is 2.44. The standard InChI is InChI=1S/C16H16Cl2N4O2/c1-10-19-14(9-15(20-10)22-2-4-24-5-3-22)16(23)21-13-7-11(17)6-12(18)8-13/h6-9H,2-5H2,1H3,(H,21,23). The molecule has 1 aromatic heterocycles. The van der Waals surface area contributed by atoms with Crippen LogP contribution >= 0.6 is 23.2 Å². The third kappa shape index (κ3) is 4.14. The van der Waals surface area contributed by atoms with Crippen molar-refractivity contribution in [2.75, 3.05) is 36.5 Å². The summed E-state index contributed by atoms with van der Waals surface area (Å²) < 4.78 is 5.34. The van der Waals surface area contributed by atoms with E-state index in [1.807, 2.05) is 0 Å². The molecule has 6 nitrogen and oxygen atoms in total. The molecular formula is C16H16Cl2N4O2. The summed E-state index contributed by atoms with van der Waals surface area (Å²) in [4.78, 5) is 23.2. The number of carbonyl (C=O) groups excluding carboxylic acids is 1.